The molecule has 0 radical (unpaired) electrons. The first-order valence-corrected chi connectivity index (χ1v) is 8.65. The average molecular weight is 302 g/mol. The van der Waals surface area contributed by atoms with Gasteiger partial charge in [-0.25, -0.2) is 0 Å². The monoisotopic (exact) mass is 302 g/mol. The van der Waals surface area contributed by atoms with Crippen molar-refractivity contribution in [3.8, 4) is 5.75 Å². The highest BCUT2D eigenvalue weighted by Crippen LogP contribution is 2.60. The van der Waals surface area contributed by atoms with Crippen molar-refractivity contribution < 1.29 is 14.9 Å². The van der Waals surface area contributed by atoms with Crippen LogP contribution in [0.15, 0.2) is 18.2 Å². The molecule has 3 aliphatic carbocycles. The zero-order valence-electron chi connectivity index (χ0n) is 13.3. The summed E-state index contributed by atoms with van der Waals surface area (Å²) < 4.78 is 5.37. The molecule has 5 atom stereocenters. The number of aliphatic hydroxyl groups excluding tert-OH is 2. The molecular weight excluding hydrogens is 276 g/mol. The zero-order chi connectivity index (χ0) is 15.3. The molecule has 0 unspecified atom stereocenters. The van der Waals surface area contributed by atoms with E-state index in [0.717, 1.165) is 37.9 Å². The number of hydrogen-bond acceptors (Lipinski definition) is 3. The van der Waals surface area contributed by atoms with Crippen molar-refractivity contribution in [1.82, 2.24) is 0 Å². The van der Waals surface area contributed by atoms with E-state index < -0.39 is 0 Å². The number of aliphatic hydroxyl groups is 2. The van der Waals surface area contributed by atoms with Crippen LogP contribution in [0, 0.1) is 17.3 Å². The van der Waals surface area contributed by atoms with Gasteiger partial charge >= 0.3 is 0 Å². The van der Waals surface area contributed by atoms with Crippen molar-refractivity contribution in [3.63, 3.8) is 0 Å². The normalized spacial score (nSPS) is 39.8. The van der Waals surface area contributed by atoms with Gasteiger partial charge in [0.25, 0.3) is 0 Å². The molecule has 0 amide bonds. The van der Waals surface area contributed by atoms with Crippen molar-refractivity contribution in [2.75, 3.05) is 13.7 Å². The Morgan fingerprint density at radius 2 is 2.09 bits per heavy atom. The van der Waals surface area contributed by atoms with Gasteiger partial charge in [0.05, 0.1) is 19.8 Å². The van der Waals surface area contributed by atoms with Crippen LogP contribution >= 0.6 is 0 Å². The Balaban J connectivity index is 1.68. The summed E-state index contributed by atoms with van der Waals surface area (Å²) in [5.74, 6) is 2.67. The van der Waals surface area contributed by atoms with Crippen LogP contribution in [0.5, 0.6) is 5.75 Å². The van der Waals surface area contributed by atoms with Gasteiger partial charge in [-0.05, 0) is 79.5 Å². The Morgan fingerprint density at radius 3 is 2.86 bits per heavy atom. The molecule has 0 bridgehead atoms. The summed E-state index contributed by atoms with van der Waals surface area (Å²) in [6.07, 6.45) is 5.98. The molecule has 3 nitrogen and oxygen atoms in total. The van der Waals surface area contributed by atoms with Crippen molar-refractivity contribution in [2.24, 2.45) is 17.3 Å². The first-order chi connectivity index (χ1) is 10.7. The van der Waals surface area contributed by atoms with E-state index in [4.69, 9.17) is 4.74 Å². The molecule has 2 fully saturated rings. The number of benzene rings is 1. The Morgan fingerprint density at radius 1 is 1.23 bits per heavy atom. The van der Waals surface area contributed by atoms with Crippen molar-refractivity contribution in [1.29, 1.82) is 0 Å². The minimum absolute atomic E-state index is 0.150. The highest BCUT2D eigenvalue weighted by atomic mass is 16.5. The third-order valence-electron chi connectivity index (χ3n) is 6.90. The predicted octanol–water partition coefficient (Wildman–Crippen LogP) is 2.88. The van der Waals surface area contributed by atoms with Crippen LogP contribution < -0.4 is 4.74 Å². The summed E-state index contributed by atoms with van der Waals surface area (Å²) in [5.41, 5.74) is 2.71. The first kappa shape index (κ1) is 14.5. The maximum Gasteiger partial charge on any atom is 0.119 e. The maximum absolute atomic E-state index is 10.5. The molecule has 0 aliphatic heterocycles. The van der Waals surface area contributed by atoms with Gasteiger partial charge in [-0.2, -0.15) is 0 Å². The van der Waals surface area contributed by atoms with E-state index in [2.05, 4.69) is 18.2 Å². The van der Waals surface area contributed by atoms with Crippen LogP contribution in [0.1, 0.15) is 49.1 Å². The molecule has 0 aromatic heterocycles. The van der Waals surface area contributed by atoms with E-state index in [0.29, 0.717) is 17.8 Å². The van der Waals surface area contributed by atoms with Gasteiger partial charge in [-0.1, -0.05) is 6.07 Å². The van der Waals surface area contributed by atoms with Gasteiger partial charge in [0.2, 0.25) is 0 Å². The zero-order valence-corrected chi connectivity index (χ0v) is 13.3. The minimum Gasteiger partial charge on any atom is -0.497 e. The highest BCUT2D eigenvalue weighted by Gasteiger charge is 2.56. The molecule has 0 saturated heterocycles. The first-order valence-electron chi connectivity index (χ1n) is 8.65. The van der Waals surface area contributed by atoms with Crippen molar-refractivity contribution in [2.45, 2.75) is 50.5 Å². The van der Waals surface area contributed by atoms with E-state index in [1.54, 1.807) is 7.11 Å². The molecule has 22 heavy (non-hydrogen) atoms. The van der Waals surface area contributed by atoms with E-state index >= 15 is 0 Å². The van der Waals surface area contributed by atoms with Gasteiger partial charge in [0.15, 0.2) is 0 Å². The van der Waals surface area contributed by atoms with Crippen LogP contribution in [0.3, 0.4) is 0 Å². The Labute approximate surface area is 132 Å². The molecular formula is C19H26O3. The SMILES string of the molecule is COc1ccc2c(c1)CC[C@@H]1[C@@H]2CC[C@]2(CO)[C@@H](O)CC[C@@H]12. The smallest absolute Gasteiger partial charge is 0.119 e. The number of hydrogen-bond donors (Lipinski definition) is 2. The number of methoxy groups -OCH3 is 1. The summed E-state index contributed by atoms with van der Waals surface area (Å²) in [4.78, 5) is 0. The number of aryl methyl sites for hydroxylation is 1. The summed E-state index contributed by atoms with van der Waals surface area (Å²) in [6.45, 7) is 0.150. The van der Waals surface area contributed by atoms with Crippen LogP contribution in [0.25, 0.3) is 0 Å². The highest BCUT2D eigenvalue weighted by molar-refractivity contribution is 5.40. The molecule has 120 valence electrons. The fourth-order valence-electron chi connectivity index (χ4n) is 5.77. The molecule has 1 aromatic carbocycles. The third-order valence-corrected chi connectivity index (χ3v) is 6.90. The van der Waals surface area contributed by atoms with E-state index in [9.17, 15) is 10.2 Å². The van der Waals surface area contributed by atoms with Crippen LogP contribution in [0.2, 0.25) is 0 Å². The summed E-state index contributed by atoms with van der Waals surface area (Å²) in [5, 5.41) is 20.5. The van der Waals surface area contributed by atoms with Crippen molar-refractivity contribution >= 4 is 0 Å². The summed E-state index contributed by atoms with van der Waals surface area (Å²) in [7, 11) is 1.73. The quantitative estimate of drug-likeness (QED) is 0.883. The second-order valence-electron chi connectivity index (χ2n) is 7.50. The fraction of sp³-hybridized carbons (Fsp3) is 0.684. The molecule has 0 spiro atoms. The summed E-state index contributed by atoms with van der Waals surface area (Å²) in [6, 6.07) is 6.53. The largest absolute Gasteiger partial charge is 0.497 e. The van der Waals surface area contributed by atoms with Crippen LogP contribution in [0.4, 0.5) is 0 Å². The van der Waals surface area contributed by atoms with Gasteiger partial charge < -0.3 is 14.9 Å². The molecule has 3 aliphatic rings. The predicted molar refractivity (Wildman–Crippen MR) is 85.0 cm³/mol. The molecule has 1 aromatic rings. The Bertz CT molecular complexity index is 570. The number of ether oxygens (including phenoxy) is 1. The topological polar surface area (TPSA) is 49.7 Å². The van der Waals surface area contributed by atoms with Gasteiger partial charge in [-0.15, -0.1) is 0 Å². The van der Waals surface area contributed by atoms with E-state index in [1.807, 2.05) is 0 Å². The maximum atomic E-state index is 10.5. The molecule has 0 heterocycles. The Hall–Kier alpha value is -1.06. The summed E-state index contributed by atoms with van der Waals surface area (Å²) >= 11 is 0. The molecule has 3 heteroatoms. The van der Waals surface area contributed by atoms with Gasteiger partial charge in [0, 0.05) is 5.41 Å². The van der Waals surface area contributed by atoms with Gasteiger partial charge in [-0.3, -0.25) is 0 Å². The van der Waals surface area contributed by atoms with Crippen molar-refractivity contribution in [3.05, 3.63) is 29.3 Å². The van der Waals surface area contributed by atoms with Gasteiger partial charge in [0.1, 0.15) is 5.75 Å². The van der Waals surface area contributed by atoms with Crippen LogP contribution in [-0.2, 0) is 6.42 Å². The number of fused-ring (bicyclic) bond motifs is 5. The lowest BCUT2D eigenvalue weighted by atomic mass is 9.55. The standard InChI is InChI=1S/C19H26O3/c1-22-13-3-5-14-12(10-13)2-4-16-15(14)8-9-19(11-20)17(16)6-7-18(19)21/h3,5,10,15-18,20-21H,2,4,6-9,11H2,1H3/t15-,16-,17+,18+,19-/m1/s1. The van der Waals surface area contributed by atoms with E-state index in [-0.39, 0.29) is 18.1 Å². The minimum atomic E-state index is -0.305. The number of rotatable bonds is 2. The second kappa shape index (κ2) is 5.24. The lowest BCUT2D eigenvalue weighted by molar-refractivity contribution is -0.0711. The fourth-order valence-corrected chi connectivity index (χ4v) is 5.77. The van der Waals surface area contributed by atoms with E-state index in [1.165, 1.54) is 17.5 Å². The Kier molecular flexibility index (Phi) is 3.46. The molecule has 2 saturated carbocycles. The molecule has 4 rings (SSSR count). The third kappa shape index (κ3) is 1.88. The van der Waals surface area contributed by atoms with Crippen LogP contribution in [-0.4, -0.2) is 30.0 Å². The molecule has 2 N–H and O–H groups in total. The average Bonchev–Trinajstić information content (AvgIpc) is 2.91. The second-order valence-corrected chi connectivity index (χ2v) is 7.50. The lowest BCUT2D eigenvalue weighted by Gasteiger charge is -2.50. The lowest BCUT2D eigenvalue weighted by Crippen LogP contribution is -2.48.